The third kappa shape index (κ3) is 5.22. The molecule has 0 aromatic heterocycles. The number of amides is 1. The summed E-state index contributed by atoms with van der Waals surface area (Å²) in [6.45, 7) is 6.55. The van der Waals surface area contributed by atoms with Crippen LogP contribution in [0.3, 0.4) is 0 Å². The van der Waals surface area contributed by atoms with Crippen LogP contribution in [0.5, 0.6) is 0 Å². The summed E-state index contributed by atoms with van der Waals surface area (Å²) in [4.78, 5) is 15.2. The first-order valence-electron chi connectivity index (χ1n) is 8.94. The smallest absolute Gasteiger partial charge is 0.237 e. The van der Waals surface area contributed by atoms with Gasteiger partial charge in [0.2, 0.25) is 5.91 Å². The highest BCUT2D eigenvalue weighted by Gasteiger charge is 2.36. The summed E-state index contributed by atoms with van der Waals surface area (Å²) in [7, 11) is 0. The van der Waals surface area contributed by atoms with Gasteiger partial charge in [0.25, 0.3) is 0 Å². The number of nitrogens with zero attached hydrogens (tertiary/aromatic N) is 1. The molecule has 0 spiro atoms. The summed E-state index contributed by atoms with van der Waals surface area (Å²) in [5.74, 6) is 0.666. The second kappa shape index (κ2) is 9.45. The first kappa shape index (κ1) is 21.0. The van der Waals surface area contributed by atoms with Gasteiger partial charge in [0.05, 0.1) is 6.04 Å². The molecule has 0 aromatic rings. The summed E-state index contributed by atoms with van der Waals surface area (Å²) < 4.78 is 0. The lowest BCUT2D eigenvalue weighted by molar-refractivity contribution is -0.129. The van der Waals surface area contributed by atoms with Crippen LogP contribution in [0.25, 0.3) is 0 Å². The van der Waals surface area contributed by atoms with Crippen molar-refractivity contribution in [3.8, 4) is 0 Å². The molecule has 3 saturated heterocycles. The lowest BCUT2D eigenvalue weighted by Gasteiger charge is -2.38. The fraction of sp³-hybridized carbons (Fsp3) is 0.941. The Morgan fingerprint density at radius 2 is 1.61 bits per heavy atom. The lowest BCUT2D eigenvalue weighted by Crippen LogP contribution is -2.56. The molecule has 3 atom stereocenters. The third-order valence-electron chi connectivity index (χ3n) is 5.50. The van der Waals surface area contributed by atoms with E-state index < -0.39 is 0 Å². The fourth-order valence-corrected chi connectivity index (χ4v) is 4.55. The second-order valence-electron chi connectivity index (χ2n) is 7.60. The molecule has 3 aliphatic heterocycles. The SMILES string of the molecule is CC(C)C(C(=O)NC1CC2CCC(C1)N2)N1CCCCC1.Cl.Cl. The van der Waals surface area contributed by atoms with Crippen LogP contribution in [-0.2, 0) is 4.79 Å². The molecule has 4 nitrogen and oxygen atoms in total. The molecule has 2 N–H and O–H groups in total. The van der Waals surface area contributed by atoms with E-state index in [1.165, 1.54) is 32.1 Å². The highest BCUT2D eigenvalue weighted by Crippen LogP contribution is 2.27. The summed E-state index contributed by atoms with van der Waals surface area (Å²) >= 11 is 0. The number of likely N-dealkylation sites (tertiary alicyclic amines) is 1. The van der Waals surface area contributed by atoms with Gasteiger partial charge in [-0.15, -0.1) is 24.8 Å². The summed E-state index contributed by atoms with van der Waals surface area (Å²) in [5.41, 5.74) is 0. The molecule has 3 rings (SSSR count). The number of nitrogens with one attached hydrogen (secondary N) is 2. The molecular formula is C17H33Cl2N3O. The minimum absolute atomic E-state index is 0. The second-order valence-corrected chi connectivity index (χ2v) is 7.60. The molecular weight excluding hydrogens is 333 g/mol. The van der Waals surface area contributed by atoms with Crippen molar-refractivity contribution in [2.45, 2.75) is 83.0 Å². The zero-order valence-corrected chi connectivity index (χ0v) is 16.1. The van der Waals surface area contributed by atoms with Crippen LogP contribution < -0.4 is 10.6 Å². The molecule has 2 bridgehead atoms. The largest absolute Gasteiger partial charge is 0.352 e. The molecule has 0 aromatic carbocycles. The van der Waals surface area contributed by atoms with Crippen molar-refractivity contribution in [2.24, 2.45) is 5.92 Å². The third-order valence-corrected chi connectivity index (χ3v) is 5.50. The van der Waals surface area contributed by atoms with Crippen LogP contribution in [0.2, 0.25) is 0 Å². The Bertz CT molecular complexity index is 363. The van der Waals surface area contributed by atoms with Gasteiger partial charge >= 0.3 is 0 Å². The molecule has 3 heterocycles. The van der Waals surface area contributed by atoms with Gasteiger partial charge in [-0.25, -0.2) is 0 Å². The molecule has 6 heteroatoms. The minimum atomic E-state index is 0. The Morgan fingerprint density at radius 1 is 1.04 bits per heavy atom. The van der Waals surface area contributed by atoms with Crippen LogP contribution in [0.15, 0.2) is 0 Å². The lowest BCUT2D eigenvalue weighted by atomic mass is 9.96. The van der Waals surface area contributed by atoms with Crippen molar-refractivity contribution in [1.29, 1.82) is 0 Å². The molecule has 1 amide bonds. The van der Waals surface area contributed by atoms with E-state index in [9.17, 15) is 4.79 Å². The number of halogens is 2. The Hall–Kier alpha value is -0.0300. The molecule has 23 heavy (non-hydrogen) atoms. The van der Waals surface area contributed by atoms with Gasteiger partial charge in [-0.2, -0.15) is 0 Å². The van der Waals surface area contributed by atoms with Crippen LogP contribution in [-0.4, -0.2) is 48.1 Å². The van der Waals surface area contributed by atoms with Crippen LogP contribution >= 0.6 is 24.8 Å². The van der Waals surface area contributed by atoms with Gasteiger partial charge < -0.3 is 10.6 Å². The maximum Gasteiger partial charge on any atom is 0.237 e. The van der Waals surface area contributed by atoms with E-state index in [4.69, 9.17) is 0 Å². The van der Waals surface area contributed by atoms with E-state index in [0.717, 1.165) is 25.9 Å². The molecule has 3 aliphatic rings. The van der Waals surface area contributed by atoms with E-state index >= 15 is 0 Å². The topological polar surface area (TPSA) is 44.4 Å². The molecule has 0 aliphatic carbocycles. The van der Waals surface area contributed by atoms with E-state index in [1.54, 1.807) is 0 Å². The van der Waals surface area contributed by atoms with Crippen LogP contribution in [0.4, 0.5) is 0 Å². The average molecular weight is 366 g/mol. The number of hydrogen-bond acceptors (Lipinski definition) is 3. The van der Waals surface area contributed by atoms with Crippen LogP contribution in [0.1, 0.15) is 58.8 Å². The van der Waals surface area contributed by atoms with Gasteiger partial charge in [0.15, 0.2) is 0 Å². The van der Waals surface area contributed by atoms with Gasteiger partial charge in [0.1, 0.15) is 0 Å². The van der Waals surface area contributed by atoms with Crippen molar-refractivity contribution in [2.75, 3.05) is 13.1 Å². The standard InChI is InChI=1S/C17H31N3O.2ClH/c1-12(2)16(20-8-4-3-5-9-20)17(21)19-15-10-13-6-7-14(11-15)18-13;;/h12-16,18H,3-11H2,1-2H3,(H,19,21);2*1H. The number of carbonyl (C=O) groups is 1. The Labute approximate surface area is 153 Å². The molecule has 136 valence electrons. The first-order chi connectivity index (χ1) is 10.1. The number of hydrogen-bond donors (Lipinski definition) is 2. The zero-order valence-electron chi connectivity index (χ0n) is 14.4. The quantitative estimate of drug-likeness (QED) is 0.804. The van der Waals surface area contributed by atoms with Crippen molar-refractivity contribution < 1.29 is 4.79 Å². The summed E-state index contributed by atoms with van der Waals surface area (Å²) in [5, 5.41) is 7.02. The number of piperidine rings is 2. The van der Waals surface area contributed by atoms with Gasteiger partial charge in [0, 0.05) is 18.1 Å². The molecule has 0 radical (unpaired) electrons. The van der Waals surface area contributed by atoms with Crippen LogP contribution in [0, 0.1) is 5.92 Å². The monoisotopic (exact) mass is 365 g/mol. The summed E-state index contributed by atoms with van der Waals surface area (Å²) in [6.07, 6.45) is 8.62. The van der Waals surface area contributed by atoms with Gasteiger partial charge in [-0.05, 0) is 57.5 Å². The predicted molar refractivity (Wildman–Crippen MR) is 99.7 cm³/mol. The number of rotatable bonds is 4. The number of carbonyl (C=O) groups excluding carboxylic acids is 1. The van der Waals surface area contributed by atoms with E-state index in [-0.39, 0.29) is 36.8 Å². The predicted octanol–water partition coefficient (Wildman–Crippen LogP) is 2.74. The molecule has 0 saturated carbocycles. The maximum absolute atomic E-state index is 12.8. The van der Waals surface area contributed by atoms with Crippen molar-refractivity contribution >= 4 is 30.7 Å². The normalized spacial score (nSPS) is 31.9. The van der Waals surface area contributed by atoms with E-state index in [0.29, 0.717) is 24.0 Å². The number of fused-ring (bicyclic) bond motifs is 2. The molecule has 3 unspecified atom stereocenters. The zero-order chi connectivity index (χ0) is 14.8. The highest BCUT2D eigenvalue weighted by molar-refractivity contribution is 5.85. The maximum atomic E-state index is 12.8. The van der Waals surface area contributed by atoms with Gasteiger partial charge in [-0.1, -0.05) is 20.3 Å². The van der Waals surface area contributed by atoms with Gasteiger partial charge in [-0.3, -0.25) is 9.69 Å². The minimum Gasteiger partial charge on any atom is -0.352 e. The first-order valence-corrected chi connectivity index (χ1v) is 8.94. The Morgan fingerprint density at radius 3 is 2.13 bits per heavy atom. The van der Waals surface area contributed by atoms with Crippen molar-refractivity contribution in [3.05, 3.63) is 0 Å². The van der Waals surface area contributed by atoms with Crippen molar-refractivity contribution in [3.63, 3.8) is 0 Å². The van der Waals surface area contributed by atoms with E-state index in [1.807, 2.05) is 0 Å². The Kier molecular flexibility index (Phi) is 8.64. The Balaban J connectivity index is 0.00000132. The van der Waals surface area contributed by atoms with Crippen molar-refractivity contribution in [1.82, 2.24) is 15.5 Å². The average Bonchev–Trinajstić information content (AvgIpc) is 2.79. The molecule has 3 fully saturated rings. The fourth-order valence-electron chi connectivity index (χ4n) is 4.55. The highest BCUT2D eigenvalue weighted by atomic mass is 35.5. The van der Waals surface area contributed by atoms with E-state index in [2.05, 4.69) is 29.4 Å². The summed E-state index contributed by atoms with van der Waals surface area (Å²) in [6, 6.07) is 1.74.